The van der Waals surface area contributed by atoms with Crippen LogP contribution >= 0.6 is 0 Å². The molecule has 1 N–H and O–H groups in total. The zero-order chi connectivity index (χ0) is 23.3. The number of carbonyl (C=O) groups excluding carboxylic acids is 2. The van der Waals surface area contributed by atoms with E-state index in [1.54, 1.807) is 0 Å². The third-order valence-electron chi connectivity index (χ3n) is 5.99. The second kappa shape index (κ2) is 10.7. The van der Waals surface area contributed by atoms with Crippen LogP contribution in [-0.4, -0.2) is 35.9 Å². The topological polar surface area (TPSA) is 58.6 Å². The third kappa shape index (κ3) is 5.50. The molecule has 0 unspecified atom stereocenters. The Morgan fingerprint density at radius 2 is 1.84 bits per heavy atom. The molecule has 5 nitrogen and oxygen atoms in total. The van der Waals surface area contributed by atoms with E-state index in [4.69, 9.17) is 4.74 Å². The second-order valence-corrected chi connectivity index (χ2v) is 9.02. The summed E-state index contributed by atoms with van der Waals surface area (Å²) in [4.78, 5) is 27.4. The molecule has 5 heteroatoms. The van der Waals surface area contributed by atoms with E-state index in [-0.39, 0.29) is 17.9 Å². The highest BCUT2D eigenvalue weighted by Gasteiger charge is 2.32. The van der Waals surface area contributed by atoms with Crippen molar-refractivity contribution in [2.24, 2.45) is 5.92 Å². The summed E-state index contributed by atoms with van der Waals surface area (Å²) in [7, 11) is 0. The maximum Gasteiger partial charge on any atom is 0.261 e. The van der Waals surface area contributed by atoms with Gasteiger partial charge in [-0.05, 0) is 54.5 Å². The Balaban J connectivity index is 1.93. The minimum Gasteiger partial charge on any atom is -0.481 e. The molecular formula is C27H36N2O3. The molecule has 0 saturated carbocycles. The third-order valence-corrected chi connectivity index (χ3v) is 5.99. The van der Waals surface area contributed by atoms with E-state index in [0.29, 0.717) is 37.6 Å². The molecule has 0 saturated heterocycles. The van der Waals surface area contributed by atoms with Gasteiger partial charge in [0.1, 0.15) is 5.75 Å². The Kier molecular flexibility index (Phi) is 7.94. The predicted octanol–water partition coefficient (Wildman–Crippen LogP) is 4.81. The smallest absolute Gasteiger partial charge is 0.261 e. The van der Waals surface area contributed by atoms with Crippen LogP contribution in [-0.2, 0) is 16.0 Å². The van der Waals surface area contributed by atoms with Crippen LogP contribution in [0.15, 0.2) is 42.5 Å². The summed E-state index contributed by atoms with van der Waals surface area (Å²) < 4.78 is 6.13. The lowest BCUT2D eigenvalue weighted by molar-refractivity contribution is -0.133. The van der Waals surface area contributed by atoms with Gasteiger partial charge in [-0.15, -0.1) is 0 Å². The van der Waals surface area contributed by atoms with Gasteiger partial charge in [0.05, 0.1) is 6.04 Å². The van der Waals surface area contributed by atoms with Crippen LogP contribution in [0.25, 0.3) is 0 Å². The highest BCUT2D eigenvalue weighted by atomic mass is 16.5. The SMILES string of the molecule is CCC(=O)N1CCc2ccc(O[C@@H](CC)C(=O)NCC(C)C)cc2[C@@H]1c1ccc(C)cc1. The van der Waals surface area contributed by atoms with E-state index in [0.717, 1.165) is 17.5 Å². The quantitative estimate of drug-likeness (QED) is 0.646. The highest BCUT2D eigenvalue weighted by molar-refractivity contribution is 5.81. The number of nitrogens with zero attached hydrogens (tertiary/aromatic N) is 1. The number of hydrogen-bond acceptors (Lipinski definition) is 3. The zero-order valence-electron chi connectivity index (χ0n) is 20.0. The van der Waals surface area contributed by atoms with Gasteiger partial charge in [0, 0.05) is 19.5 Å². The standard InChI is InChI=1S/C27H36N2O3/c1-6-24(27(31)28-17-18(3)4)32-22-13-12-20-14-15-29(25(30)7-2)26(23(20)16-22)21-10-8-19(5)9-11-21/h8-13,16,18,24,26H,6-7,14-15,17H2,1-5H3,(H,28,31)/t24-,26-/m0/s1. The average molecular weight is 437 g/mol. The number of fused-ring (bicyclic) bond motifs is 1. The Morgan fingerprint density at radius 1 is 1.12 bits per heavy atom. The first-order valence-electron chi connectivity index (χ1n) is 11.8. The summed E-state index contributed by atoms with van der Waals surface area (Å²) in [5.74, 6) is 1.11. The molecule has 2 aromatic rings. The van der Waals surface area contributed by atoms with Crippen molar-refractivity contribution >= 4 is 11.8 Å². The van der Waals surface area contributed by atoms with Crippen molar-refractivity contribution in [3.05, 3.63) is 64.7 Å². The summed E-state index contributed by atoms with van der Waals surface area (Å²) in [6.07, 6.45) is 1.34. The monoisotopic (exact) mass is 436 g/mol. The first kappa shape index (κ1) is 23.8. The Hall–Kier alpha value is -2.82. The molecule has 0 bridgehead atoms. The van der Waals surface area contributed by atoms with Crippen molar-refractivity contribution < 1.29 is 14.3 Å². The van der Waals surface area contributed by atoms with Crippen LogP contribution < -0.4 is 10.1 Å². The molecule has 32 heavy (non-hydrogen) atoms. The molecule has 0 spiro atoms. The summed E-state index contributed by atoms with van der Waals surface area (Å²) in [6.45, 7) is 11.4. The summed E-state index contributed by atoms with van der Waals surface area (Å²) in [5.41, 5.74) is 4.59. The first-order chi connectivity index (χ1) is 15.3. The van der Waals surface area contributed by atoms with Crippen LogP contribution in [0, 0.1) is 12.8 Å². The number of nitrogens with one attached hydrogen (secondary N) is 1. The minimum absolute atomic E-state index is 0.0863. The molecule has 1 aliphatic heterocycles. The number of ether oxygens (including phenoxy) is 1. The molecule has 1 heterocycles. The second-order valence-electron chi connectivity index (χ2n) is 9.02. The molecule has 0 aromatic heterocycles. The van der Waals surface area contributed by atoms with Crippen molar-refractivity contribution in [3.8, 4) is 5.75 Å². The Bertz CT molecular complexity index is 936. The van der Waals surface area contributed by atoms with Crippen molar-refractivity contribution in [3.63, 3.8) is 0 Å². The summed E-state index contributed by atoms with van der Waals surface area (Å²) >= 11 is 0. The molecule has 2 aromatic carbocycles. The molecule has 3 rings (SSSR count). The first-order valence-corrected chi connectivity index (χ1v) is 11.8. The Labute approximate surface area is 192 Å². The van der Waals surface area contributed by atoms with E-state index in [2.05, 4.69) is 56.4 Å². The Morgan fingerprint density at radius 3 is 2.47 bits per heavy atom. The number of hydrogen-bond donors (Lipinski definition) is 1. The van der Waals surface area contributed by atoms with Gasteiger partial charge in [-0.25, -0.2) is 0 Å². The van der Waals surface area contributed by atoms with E-state index in [9.17, 15) is 9.59 Å². The minimum atomic E-state index is -0.540. The summed E-state index contributed by atoms with van der Waals surface area (Å²) in [6, 6.07) is 14.3. The average Bonchev–Trinajstić information content (AvgIpc) is 2.80. The summed E-state index contributed by atoms with van der Waals surface area (Å²) in [5, 5.41) is 2.97. The van der Waals surface area contributed by atoms with Crippen LogP contribution in [0.2, 0.25) is 0 Å². The molecule has 1 aliphatic rings. The molecule has 0 aliphatic carbocycles. The van der Waals surface area contributed by atoms with Gasteiger partial charge in [0.2, 0.25) is 5.91 Å². The molecule has 2 amide bonds. The zero-order valence-corrected chi connectivity index (χ0v) is 20.0. The molecule has 2 atom stereocenters. The van der Waals surface area contributed by atoms with Gasteiger partial charge in [0.15, 0.2) is 6.10 Å². The maximum absolute atomic E-state index is 12.8. The van der Waals surface area contributed by atoms with E-state index in [1.165, 1.54) is 11.1 Å². The van der Waals surface area contributed by atoms with Crippen molar-refractivity contribution in [2.45, 2.75) is 66.0 Å². The van der Waals surface area contributed by atoms with Gasteiger partial charge >= 0.3 is 0 Å². The maximum atomic E-state index is 12.8. The van der Waals surface area contributed by atoms with Gasteiger partial charge in [0.25, 0.3) is 5.91 Å². The lowest BCUT2D eigenvalue weighted by Crippen LogP contribution is -2.41. The number of carbonyl (C=O) groups is 2. The molecule has 0 radical (unpaired) electrons. The molecular weight excluding hydrogens is 400 g/mol. The fourth-order valence-electron chi connectivity index (χ4n) is 4.15. The normalized spacial score (nSPS) is 16.4. The lowest BCUT2D eigenvalue weighted by Gasteiger charge is -2.38. The molecule has 172 valence electrons. The fraction of sp³-hybridized carbons (Fsp3) is 0.481. The number of rotatable bonds is 8. The van der Waals surface area contributed by atoms with Crippen LogP contribution in [0.5, 0.6) is 5.75 Å². The number of aryl methyl sites for hydroxylation is 1. The van der Waals surface area contributed by atoms with Gasteiger partial charge in [-0.2, -0.15) is 0 Å². The number of amides is 2. The van der Waals surface area contributed by atoms with Gasteiger partial charge in [-0.1, -0.05) is 63.6 Å². The van der Waals surface area contributed by atoms with Crippen molar-refractivity contribution in [1.82, 2.24) is 10.2 Å². The fourth-order valence-corrected chi connectivity index (χ4v) is 4.15. The van der Waals surface area contributed by atoms with E-state index in [1.807, 2.05) is 30.9 Å². The van der Waals surface area contributed by atoms with E-state index < -0.39 is 6.10 Å². The van der Waals surface area contributed by atoms with E-state index >= 15 is 0 Å². The number of benzene rings is 2. The highest BCUT2D eigenvalue weighted by Crippen LogP contribution is 2.37. The largest absolute Gasteiger partial charge is 0.481 e. The lowest BCUT2D eigenvalue weighted by atomic mass is 9.87. The van der Waals surface area contributed by atoms with Crippen LogP contribution in [0.3, 0.4) is 0 Å². The van der Waals surface area contributed by atoms with Crippen LogP contribution in [0.4, 0.5) is 0 Å². The van der Waals surface area contributed by atoms with Gasteiger partial charge < -0.3 is 15.0 Å². The van der Waals surface area contributed by atoms with Crippen molar-refractivity contribution in [2.75, 3.05) is 13.1 Å². The van der Waals surface area contributed by atoms with Crippen LogP contribution in [0.1, 0.15) is 68.8 Å². The predicted molar refractivity (Wildman–Crippen MR) is 128 cm³/mol. The van der Waals surface area contributed by atoms with Crippen molar-refractivity contribution in [1.29, 1.82) is 0 Å². The molecule has 0 fully saturated rings. The van der Waals surface area contributed by atoms with Gasteiger partial charge in [-0.3, -0.25) is 9.59 Å².